The topological polar surface area (TPSA) is 52.0 Å². The SMILES string of the molecule is Nc1ccc2oc(-c3cccc(F)c3)nc2c1. The van der Waals surface area contributed by atoms with Gasteiger partial charge in [-0.3, -0.25) is 0 Å². The Balaban J connectivity index is 2.18. The molecule has 17 heavy (non-hydrogen) atoms. The van der Waals surface area contributed by atoms with Crippen LogP contribution >= 0.6 is 0 Å². The molecule has 3 rings (SSSR count). The average Bonchev–Trinajstić information content (AvgIpc) is 2.72. The van der Waals surface area contributed by atoms with Crippen molar-refractivity contribution in [2.45, 2.75) is 0 Å². The van der Waals surface area contributed by atoms with E-state index in [0.717, 1.165) is 0 Å². The van der Waals surface area contributed by atoms with Gasteiger partial charge in [0.05, 0.1) is 0 Å². The first-order valence-corrected chi connectivity index (χ1v) is 5.14. The van der Waals surface area contributed by atoms with Crippen molar-refractivity contribution >= 4 is 16.8 Å². The lowest BCUT2D eigenvalue weighted by Crippen LogP contribution is -1.82. The van der Waals surface area contributed by atoms with Crippen molar-refractivity contribution in [3.63, 3.8) is 0 Å². The summed E-state index contributed by atoms with van der Waals surface area (Å²) >= 11 is 0. The number of nitrogens with zero attached hydrogens (tertiary/aromatic N) is 1. The lowest BCUT2D eigenvalue weighted by molar-refractivity contribution is 0.611. The number of fused-ring (bicyclic) bond motifs is 1. The largest absolute Gasteiger partial charge is 0.436 e. The van der Waals surface area contributed by atoms with E-state index in [2.05, 4.69) is 4.98 Å². The molecule has 3 aromatic rings. The van der Waals surface area contributed by atoms with Crippen LogP contribution in [0.1, 0.15) is 0 Å². The number of nitrogens with two attached hydrogens (primary N) is 1. The lowest BCUT2D eigenvalue weighted by atomic mass is 10.2. The third-order valence-electron chi connectivity index (χ3n) is 2.48. The van der Waals surface area contributed by atoms with Crippen molar-refractivity contribution in [3.05, 3.63) is 48.3 Å². The molecule has 0 saturated carbocycles. The van der Waals surface area contributed by atoms with Gasteiger partial charge in [0.2, 0.25) is 5.89 Å². The fourth-order valence-corrected chi connectivity index (χ4v) is 1.69. The van der Waals surface area contributed by atoms with Gasteiger partial charge in [-0.25, -0.2) is 9.37 Å². The molecule has 0 amide bonds. The normalized spacial score (nSPS) is 10.9. The second kappa shape index (κ2) is 3.59. The highest BCUT2D eigenvalue weighted by molar-refractivity contribution is 5.79. The first-order valence-electron chi connectivity index (χ1n) is 5.14. The Kier molecular flexibility index (Phi) is 2.08. The highest BCUT2D eigenvalue weighted by Gasteiger charge is 2.08. The minimum absolute atomic E-state index is 0.315. The molecule has 2 aromatic carbocycles. The highest BCUT2D eigenvalue weighted by Crippen LogP contribution is 2.25. The molecule has 0 spiro atoms. The zero-order chi connectivity index (χ0) is 11.8. The number of benzene rings is 2. The maximum Gasteiger partial charge on any atom is 0.227 e. The molecule has 0 unspecified atom stereocenters. The van der Waals surface area contributed by atoms with Crippen molar-refractivity contribution < 1.29 is 8.81 Å². The highest BCUT2D eigenvalue weighted by atomic mass is 19.1. The Bertz CT molecular complexity index is 691. The molecule has 0 fully saturated rings. The van der Waals surface area contributed by atoms with E-state index in [4.69, 9.17) is 10.2 Å². The van der Waals surface area contributed by atoms with Crippen LogP contribution in [0.5, 0.6) is 0 Å². The molecule has 0 aliphatic rings. The number of anilines is 1. The van der Waals surface area contributed by atoms with Gasteiger partial charge in [0.15, 0.2) is 5.58 Å². The number of halogens is 1. The number of aromatic nitrogens is 1. The third-order valence-corrected chi connectivity index (χ3v) is 2.48. The van der Waals surface area contributed by atoms with Gasteiger partial charge in [-0.2, -0.15) is 0 Å². The van der Waals surface area contributed by atoms with Crippen LogP contribution in [0.15, 0.2) is 46.9 Å². The number of rotatable bonds is 1. The summed E-state index contributed by atoms with van der Waals surface area (Å²) in [5.74, 6) is 0.0781. The summed E-state index contributed by atoms with van der Waals surface area (Å²) in [4.78, 5) is 4.27. The van der Waals surface area contributed by atoms with Crippen molar-refractivity contribution in [3.8, 4) is 11.5 Å². The summed E-state index contributed by atoms with van der Waals surface area (Å²) in [6.07, 6.45) is 0. The van der Waals surface area contributed by atoms with Crippen LogP contribution in [0, 0.1) is 5.82 Å². The molecule has 1 aromatic heterocycles. The zero-order valence-corrected chi connectivity index (χ0v) is 8.85. The summed E-state index contributed by atoms with van der Waals surface area (Å²) < 4.78 is 18.6. The van der Waals surface area contributed by atoms with Gasteiger partial charge in [0.25, 0.3) is 0 Å². The molecular weight excluding hydrogens is 219 g/mol. The van der Waals surface area contributed by atoms with E-state index in [1.54, 1.807) is 30.3 Å². The molecule has 0 aliphatic heterocycles. The quantitative estimate of drug-likeness (QED) is 0.650. The van der Waals surface area contributed by atoms with Gasteiger partial charge in [-0.05, 0) is 36.4 Å². The molecule has 4 heteroatoms. The third kappa shape index (κ3) is 1.73. The number of hydrogen-bond donors (Lipinski definition) is 1. The van der Waals surface area contributed by atoms with Crippen molar-refractivity contribution in [1.82, 2.24) is 4.98 Å². The van der Waals surface area contributed by atoms with Gasteiger partial charge in [-0.1, -0.05) is 6.07 Å². The molecule has 0 saturated heterocycles. The Morgan fingerprint density at radius 2 is 2.00 bits per heavy atom. The molecule has 1 heterocycles. The molecular formula is C13H9FN2O. The fraction of sp³-hybridized carbons (Fsp3) is 0. The Morgan fingerprint density at radius 3 is 2.82 bits per heavy atom. The first-order chi connectivity index (χ1) is 8.22. The molecule has 84 valence electrons. The molecule has 3 nitrogen and oxygen atoms in total. The van der Waals surface area contributed by atoms with E-state index in [1.165, 1.54) is 12.1 Å². The predicted molar refractivity (Wildman–Crippen MR) is 63.8 cm³/mol. The van der Waals surface area contributed by atoms with Gasteiger partial charge in [-0.15, -0.1) is 0 Å². The Morgan fingerprint density at radius 1 is 1.12 bits per heavy atom. The van der Waals surface area contributed by atoms with E-state index < -0.39 is 0 Å². The van der Waals surface area contributed by atoms with Crippen LogP contribution in [0.4, 0.5) is 10.1 Å². The van der Waals surface area contributed by atoms with Crippen molar-refractivity contribution in [2.75, 3.05) is 5.73 Å². The van der Waals surface area contributed by atoms with E-state index in [9.17, 15) is 4.39 Å². The van der Waals surface area contributed by atoms with Crippen LogP contribution in [-0.2, 0) is 0 Å². The van der Waals surface area contributed by atoms with E-state index in [1.807, 2.05) is 0 Å². The first kappa shape index (κ1) is 9.84. The predicted octanol–water partition coefficient (Wildman–Crippen LogP) is 3.22. The summed E-state index contributed by atoms with van der Waals surface area (Å²) in [6.45, 7) is 0. The van der Waals surface area contributed by atoms with Crippen molar-refractivity contribution in [2.24, 2.45) is 0 Å². The van der Waals surface area contributed by atoms with Gasteiger partial charge in [0, 0.05) is 11.3 Å². The molecule has 0 radical (unpaired) electrons. The minimum atomic E-state index is -0.315. The summed E-state index contributed by atoms with van der Waals surface area (Å²) in [6, 6.07) is 11.3. The monoisotopic (exact) mass is 228 g/mol. The lowest BCUT2D eigenvalue weighted by Gasteiger charge is -1.93. The van der Waals surface area contributed by atoms with Crippen LogP contribution in [-0.4, -0.2) is 4.98 Å². The van der Waals surface area contributed by atoms with Gasteiger partial charge < -0.3 is 10.2 Å². The minimum Gasteiger partial charge on any atom is -0.436 e. The smallest absolute Gasteiger partial charge is 0.227 e. The van der Waals surface area contributed by atoms with Crippen LogP contribution < -0.4 is 5.73 Å². The zero-order valence-electron chi connectivity index (χ0n) is 8.85. The Hall–Kier alpha value is -2.36. The van der Waals surface area contributed by atoms with E-state index >= 15 is 0 Å². The van der Waals surface area contributed by atoms with Crippen LogP contribution in [0.2, 0.25) is 0 Å². The number of nitrogen functional groups attached to an aromatic ring is 1. The fourth-order valence-electron chi connectivity index (χ4n) is 1.69. The molecule has 0 aliphatic carbocycles. The standard InChI is InChI=1S/C13H9FN2O/c14-9-3-1-2-8(6-9)13-16-11-7-10(15)4-5-12(11)17-13/h1-7H,15H2. The maximum atomic E-state index is 13.1. The number of oxazole rings is 1. The van der Waals surface area contributed by atoms with Crippen LogP contribution in [0.3, 0.4) is 0 Å². The molecule has 2 N–H and O–H groups in total. The average molecular weight is 228 g/mol. The Labute approximate surface area is 96.7 Å². The van der Waals surface area contributed by atoms with Gasteiger partial charge >= 0.3 is 0 Å². The van der Waals surface area contributed by atoms with Crippen LogP contribution in [0.25, 0.3) is 22.6 Å². The molecule has 0 atom stereocenters. The van der Waals surface area contributed by atoms with E-state index in [0.29, 0.717) is 28.2 Å². The second-order valence-corrected chi connectivity index (χ2v) is 3.76. The second-order valence-electron chi connectivity index (χ2n) is 3.76. The summed E-state index contributed by atoms with van der Waals surface area (Å²) in [7, 11) is 0. The summed E-state index contributed by atoms with van der Waals surface area (Å²) in [5, 5.41) is 0. The van der Waals surface area contributed by atoms with Gasteiger partial charge in [0.1, 0.15) is 11.3 Å². The number of hydrogen-bond acceptors (Lipinski definition) is 3. The molecule has 0 bridgehead atoms. The van der Waals surface area contributed by atoms with Crippen molar-refractivity contribution in [1.29, 1.82) is 0 Å². The summed E-state index contributed by atoms with van der Waals surface area (Å²) in [5.41, 5.74) is 8.20. The van der Waals surface area contributed by atoms with E-state index in [-0.39, 0.29) is 5.82 Å². The maximum absolute atomic E-state index is 13.1.